The maximum absolute atomic E-state index is 10.5. The molecule has 0 aliphatic rings. The van der Waals surface area contributed by atoms with Gasteiger partial charge in [-0.3, -0.25) is 4.55 Å². The molecule has 0 bridgehead atoms. The molecule has 5 heteroatoms. The molecule has 0 radical (unpaired) electrons. The molecule has 3 nitrogen and oxygen atoms in total. The largest absolute Gasteiger partial charge is 0.294 e. The van der Waals surface area contributed by atoms with Crippen molar-refractivity contribution in [2.24, 2.45) is 5.92 Å². The molecule has 1 unspecified atom stereocenters. The number of aryl methyl sites for hydroxylation is 1. The van der Waals surface area contributed by atoms with Crippen LogP contribution in [0.2, 0.25) is 0 Å². The van der Waals surface area contributed by atoms with Crippen LogP contribution >= 0.6 is 9.24 Å². The summed E-state index contributed by atoms with van der Waals surface area (Å²) in [5.74, 6) is 0.877. The molecule has 0 spiro atoms. The fraction of sp³-hybridized carbons (Fsp3) is 0.500. The molecular formula is C12H21O3PS. The van der Waals surface area contributed by atoms with Gasteiger partial charge in [-0.15, -0.1) is 9.24 Å². The van der Waals surface area contributed by atoms with E-state index in [1.54, 1.807) is 12.1 Å². The van der Waals surface area contributed by atoms with Gasteiger partial charge in [0, 0.05) is 0 Å². The second kappa shape index (κ2) is 7.80. The molecule has 0 heterocycles. The van der Waals surface area contributed by atoms with Gasteiger partial charge in [0.2, 0.25) is 0 Å². The molecule has 0 aromatic heterocycles. The van der Waals surface area contributed by atoms with Crippen LogP contribution in [0, 0.1) is 12.8 Å². The Morgan fingerprint density at radius 1 is 1.24 bits per heavy atom. The molecule has 17 heavy (non-hydrogen) atoms. The maximum atomic E-state index is 10.5. The number of rotatable bonds is 3. The quantitative estimate of drug-likeness (QED) is 0.681. The lowest BCUT2D eigenvalue weighted by Crippen LogP contribution is -1.96. The van der Waals surface area contributed by atoms with Crippen molar-refractivity contribution in [3.63, 3.8) is 0 Å². The van der Waals surface area contributed by atoms with Gasteiger partial charge in [0.05, 0.1) is 4.90 Å². The third-order valence-electron chi connectivity index (χ3n) is 2.06. The summed E-state index contributed by atoms with van der Waals surface area (Å²) < 4.78 is 29.6. The molecule has 0 aliphatic heterocycles. The van der Waals surface area contributed by atoms with Crippen molar-refractivity contribution < 1.29 is 13.0 Å². The zero-order chi connectivity index (χ0) is 13.5. The highest BCUT2D eigenvalue weighted by atomic mass is 32.2. The van der Waals surface area contributed by atoms with Crippen LogP contribution in [0.3, 0.4) is 0 Å². The molecule has 98 valence electrons. The molecule has 1 aromatic rings. The predicted molar refractivity (Wildman–Crippen MR) is 75.0 cm³/mol. The van der Waals surface area contributed by atoms with E-state index in [1.807, 2.05) is 6.92 Å². The van der Waals surface area contributed by atoms with E-state index in [1.165, 1.54) is 24.7 Å². The molecule has 0 aliphatic carbocycles. The summed E-state index contributed by atoms with van der Waals surface area (Å²) in [6.07, 6.45) is 2.59. The summed E-state index contributed by atoms with van der Waals surface area (Å²) in [5, 5.41) is 0. The Balaban J connectivity index is 0.000000366. The minimum atomic E-state index is -4.02. The van der Waals surface area contributed by atoms with Crippen molar-refractivity contribution in [1.29, 1.82) is 0 Å². The van der Waals surface area contributed by atoms with Gasteiger partial charge in [-0.05, 0) is 37.6 Å². The van der Waals surface area contributed by atoms with E-state index in [2.05, 4.69) is 23.1 Å². The van der Waals surface area contributed by atoms with E-state index in [9.17, 15) is 8.42 Å². The predicted octanol–water partition coefficient (Wildman–Crippen LogP) is 3.15. The minimum Gasteiger partial charge on any atom is -0.282 e. The smallest absolute Gasteiger partial charge is 0.282 e. The molecule has 0 saturated heterocycles. The third kappa shape index (κ3) is 8.31. The first-order valence-electron chi connectivity index (χ1n) is 5.51. The van der Waals surface area contributed by atoms with Crippen molar-refractivity contribution in [1.82, 2.24) is 0 Å². The lowest BCUT2D eigenvalue weighted by atomic mass is 10.2. The Morgan fingerprint density at radius 3 is 1.94 bits per heavy atom. The maximum Gasteiger partial charge on any atom is 0.294 e. The topological polar surface area (TPSA) is 54.4 Å². The third-order valence-corrected chi connectivity index (χ3v) is 3.26. The normalized spacial score (nSPS) is 10.9. The van der Waals surface area contributed by atoms with Gasteiger partial charge in [0.1, 0.15) is 0 Å². The van der Waals surface area contributed by atoms with E-state index >= 15 is 0 Å². The molecule has 1 aromatic carbocycles. The van der Waals surface area contributed by atoms with E-state index in [4.69, 9.17) is 4.55 Å². The van der Waals surface area contributed by atoms with Crippen LogP contribution < -0.4 is 0 Å². The Bertz CT molecular complexity index is 410. The second-order valence-electron chi connectivity index (χ2n) is 4.26. The van der Waals surface area contributed by atoms with Gasteiger partial charge >= 0.3 is 0 Å². The number of hydrogen-bond acceptors (Lipinski definition) is 2. The molecule has 1 rings (SSSR count). The Morgan fingerprint density at radius 2 is 1.71 bits per heavy atom. The van der Waals surface area contributed by atoms with Crippen molar-refractivity contribution in [2.75, 3.05) is 6.16 Å². The lowest BCUT2D eigenvalue weighted by Gasteiger charge is -1.95. The van der Waals surface area contributed by atoms with Gasteiger partial charge in [-0.2, -0.15) is 8.42 Å². The van der Waals surface area contributed by atoms with Crippen LogP contribution in [-0.4, -0.2) is 19.1 Å². The van der Waals surface area contributed by atoms with Crippen LogP contribution in [-0.2, 0) is 10.1 Å². The van der Waals surface area contributed by atoms with Gasteiger partial charge < -0.3 is 0 Å². The van der Waals surface area contributed by atoms with Gasteiger partial charge in [-0.25, -0.2) is 0 Å². The first-order valence-corrected chi connectivity index (χ1v) is 7.77. The van der Waals surface area contributed by atoms with Crippen LogP contribution in [0.15, 0.2) is 29.2 Å². The summed E-state index contributed by atoms with van der Waals surface area (Å²) in [5.41, 5.74) is 0.956. The fourth-order valence-electron chi connectivity index (χ4n) is 1.04. The summed E-state index contributed by atoms with van der Waals surface area (Å²) in [6, 6.07) is 5.99. The number of hydrogen-bond donors (Lipinski definition) is 1. The standard InChI is InChI=1S/C7H8O3S.C5H13P/c1-6-2-4-7(5-3-6)11(8,9)10;1-5(2)3-4-6/h2-5H,1H3,(H,8,9,10);5H,3-4,6H2,1-2H3. The average Bonchev–Trinajstić information content (AvgIpc) is 2.17. The van der Waals surface area contributed by atoms with Crippen LogP contribution in [0.25, 0.3) is 0 Å². The summed E-state index contributed by atoms with van der Waals surface area (Å²) >= 11 is 0. The van der Waals surface area contributed by atoms with E-state index in [0.717, 1.165) is 11.5 Å². The van der Waals surface area contributed by atoms with Crippen LogP contribution in [0.1, 0.15) is 25.8 Å². The van der Waals surface area contributed by atoms with Gasteiger partial charge in [0.25, 0.3) is 10.1 Å². The first-order chi connectivity index (χ1) is 7.77. The zero-order valence-corrected chi connectivity index (χ0v) is 12.5. The summed E-state index contributed by atoms with van der Waals surface area (Å²) in [6.45, 7) is 6.32. The van der Waals surface area contributed by atoms with Crippen molar-refractivity contribution in [2.45, 2.75) is 32.1 Å². The molecule has 1 N–H and O–H groups in total. The van der Waals surface area contributed by atoms with Gasteiger partial charge in [-0.1, -0.05) is 31.5 Å². The SMILES string of the molecule is CC(C)CCP.Cc1ccc(S(=O)(=O)O)cc1. The molecular weight excluding hydrogens is 255 g/mol. The highest BCUT2D eigenvalue weighted by Gasteiger charge is 2.06. The fourth-order valence-corrected chi connectivity index (χ4v) is 2.19. The van der Waals surface area contributed by atoms with Crippen molar-refractivity contribution >= 4 is 19.4 Å². The van der Waals surface area contributed by atoms with Crippen molar-refractivity contribution in [3.8, 4) is 0 Å². The first kappa shape index (κ1) is 16.6. The molecule has 1 atom stereocenters. The van der Waals surface area contributed by atoms with Crippen molar-refractivity contribution in [3.05, 3.63) is 29.8 Å². The summed E-state index contributed by atoms with van der Waals surface area (Å²) in [7, 11) is -1.30. The Labute approximate surface area is 107 Å². The summed E-state index contributed by atoms with van der Waals surface area (Å²) in [4.78, 5) is -0.0666. The second-order valence-corrected chi connectivity index (χ2v) is 6.26. The number of benzene rings is 1. The van der Waals surface area contributed by atoms with Crippen LogP contribution in [0.4, 0.5) is 0 Å². The molecule has 0 saturated carbocycles. The van der Waals surface area contributed by atoms with E-state index < -0.39 is 10.1 Å². The van der Waals surface area contributed by atoms with Gasteiger partial charge in [0.15, 0.2) is 0 Å². The highest BCUT2D eigenvalue weighted by molar-refractivity contribution is 7.85. The zero-order valence-electron chi connectivity index (χ0n) is 10.6. The Kier molecular flexibility index (Phi) is 7.60. The van der Waals surface area contributed by atoms with E-state index in [-0.39, 0.29) is 4.90 Å². The minimum absolute atomic E-state index is 0.0666. The van der Waals surface area contributed by atoms with E-state index in [0.29, 0.717) is 0 Å². The monoisotopic (exact) mass is 276 g/mol. The van der Waals surface area contributed by atoms with Crippen LogP contribution in [0.5, 0.6) is 0 Å². The highest BCUT2D eigenvalue weighted by Crippen LogP contribution is 2.08. The average molecular weight is 276 g/mol. The Hall–Kier alpha value is -0.440. The lowest BCUT2D eigenvalue weighted by molar-refractivity contribution is 0.483. The molecule has 0 fully saturated rings. The molecule has 0 amide bonds.